The predicted octanol–water partition coefficient (Wildman–Crippen LogP) is 2.87. The fourth-order valence-corrected chi connectivity index (χ4v) is 4.23. The van der Waals surface area contributed by atoms with Crippen LogP contribution in [0.2, 0.25) is 0 Å². The summed E-state index contributed by atoms with van der Waals surface area (Å²) in [6.07, 6.45) is 3.32. The highest BCUT2D eigenvalue weighted by molar-refractivity contribution is 5.98. The van der Waals surface area contributed by atoms with Crippen LogP contribution in [0.15, 0.2) is 42.5 Å². The maximum atomic E-state index is 12.9. The standard InChI is InChI=1S/C23H30N2O2/c1-17-14-22(19(3)25(17)18(2)16-27-4)23(26)15-24-12-10-21(11-13-24)20-8-6-5-7-9-20/h5-10,14,18H,11-13,15-16H2,1-4H3/p+1/t18-/m1/s1. The molecule has 144 valence electrons. The zero-order valence-electron chi connectivity index (χ0n) is 16.9. The number of rotatable bonds is 7. The van der Waals surface area contributed by atoms with Crippen molar-refractivity contribution in [1.82, 2.24) is 4.57 Å². The number of quaternary nitrogens is 1. The van der Waals surface area contributed by atoms with Crippen molar-refractivity contribution in [2.45, 2.75) is 33.2 Å². The van der Waals surface area contributed by atoms with Crippen LogP contribution in [-0.4, -0.2) is 43.7 Å². The summed E-state index contributed by atoms with van der Waals surface area (Å²) >= 11 is 0. The highest BCUT2D eigenvalue weighted by atomic mass is 16.5. The van der Waals surface area contributed by atoms with Gasteiger partial charge in [-0.15, -0.1) is 0 Å². The van der Waals surface area contributed by atoms with Gasteiger partial charge < -0.3 is 14.2 Å². The summed E-state index contributed by atoms with van der Waals surface area (Å²) in [5, 5.41) is 0. The van der Waals surface area contributed by atoms with Crippen LogP contribution in [0.3, 0.4) is 0 Å². The SMILES string of the molecule is COC[C@@H](C)n1c(C)cc(C(=O)C[NH+]2CC=C(c3ccccc3)CC2)c1C. The molecule has 0 radical (unpaired) electrons. The number of hydrogen-bond acceptors (Lipinski definition) is 2. The third kappa shape index (κ3) is 4.40. The molecule has 0 fully saturated rings. The van der Waals surface area contributed by atoms with Crippen molar-refractivity contribution in [2.75, 3.05) is 33.4 Å². The Morgan fingerprint density at radius 1 is 1.26 bits per heavy atom. The molecular formula is C23H31N2O2+. The highest BCUT2D eigenvalue weighted by Crippen LogP contribution is 2.21. The predicted molar refractivity (Wildman–Crippen MR) is 109 cm³/mol. The van der Waals surface area contributed by atoms with Crippen molar-refractivity contribution < 1.29 is 14.4 Å². The van der Waals surface area contributed by atoms with Crippen LogP contribution < -0.4 is 4.90 Å². The lowest BCUT2D eigenvalue weighted by atomic mass is 9.99. The quantitative estimate of drug-likeness (QED) is 0.764. The second-order valence-corrected chi connectivity index (χ2v) is 7.61. The number of nitrogens with zero attached hydrogens (tertiary/aromatic N) is 1. The van der Waals surface area contributed by atoms with Gasteiger partial charge in [0.25, 0.3) is 0 Å². The van der Waals surface area contributed by atoms with Crippen LogP contribution in [0, 0.1) is 13.8 Å². The summed E-state index contributed by atoms with van der Waals surface area (Å²) in [7, 11) is 1.72. The highest BCUT2D eigenvalue weighted by Gasteiger charge is 2.24. The first-order chi connectivity index (χ1) is 13.0. The first kappa shape index (κ1) is 19.6. The lowest BCUT2D eigenvalue weighted by Gasteiger charge is -2.23. The van der Waals surface area contributed by atoms with Crippen molar-refractivity contribution in [3.8, 4) is 0 Å². The van der Waals surface area contributed by atoms with E-state index in [1.54, 1.807) is 7.11 Å². The van der Waals surface area contributed by atoms with Gasteiger partial charge in [-0.1, -0.05) is 30.3 Å². The number of aryl methyl sites for hydroxylation is 1. The van der Waals surface area contributed by atoms with E-state index in [1.165, 1.54) is 16.0 Å². The van der Waals surface area contributed by atoms with E-state index in [0.29, 0.717) is 13.2 Å². The van der Waals surface area contributed by atoms with Gasteiger partial charge in [-0.3, -0.25) is 4.79 Å². The molecule has 27 heavy (non-hydrogen) atoms. The Morgan fingerprint density at radius 2 is 2.00 bits per heavy atom. The molecule has 1 aliphatic rings. The van der Waals surface area contributed by atoms with E-state index in [4.69, 9.17) is 4.74 Å². The number of ether oxygens (including phenoxy) is 1. The Kier molecular flexibility index (Phi) is 6.30. The lowest BCUT2D eigenvalue weighted by Crippen LogP contribution is -3.13. The summed E-state index contributed by atoms with van der Waals surface area (Å²) in [5.74, 6) is 0.241. The van der Waals surface area contributed by atoms with Gasteiger partial charge in [-0.05, 0) is 44.1 Å². The zero-order chi connectivity index (χ0) is 19.4. The molecule has 1 N–H and O–H groups in total. The fourth-order valence-electron chi connectivity index (χ4n) is 4.23. The summed E-state index contributed by atoms with van der Waals surface area (Å²) in [6, 6.07) is 12.8. The van der Waals surface area contributed by atoms with Gasteiger partial charge in [0.05, 0.1) is 25.7 Å². The number of benzene rings is 1. The number of Topliss-reactive ketones (excluding diaryl/α,β-unsaturated/α-hetero) is 1. The van der Waals surface area contributed by atoms with Crippen molar-refractivity contribution in [3.05, 3.63) is 65.0 Å². The van der Waals surface area contributed by atoms with E-state index in [1.807, 2.05) is 19.1 Å². The summed E-state index contributed by atoms with van der Waals surface area (Å²) < 4.78 is 7.51. The Morgan fingerprint density at radius 3 is 2.63 bits per heavy atom. The van der Waals surface area contributed by atoms with Gasteiger partial charge in [-0.2, -0.15) is 0 Å². The van der Waals surface area contributed by atoms with Crippen LogP contribution >= 0.6 is 0 Å². The number of methoxy groups -OCH3 is 1. The molecule has 0 bridgehead atoms. The van der Waals surface area contributed by atoms with E-state index in [-0.39, 0.29) is 11.8 Å². The third-order valence-corrected chi connectivity index (χ3v) is 5.57. The lowest BCUT2D eigenvalue weighted by molar-refractivity contribution is -0.886. The molecule has 0 saturated carbocycles. The maximum Gasteiger partial charge on any atom is 0.218 e. The average molecular weight is 368 g/mol. The van der Waals surface area contributed by atoms with Crippen molar-refractivity contribution in [3.63, 3.8) is 0 Å². The molecule has 1 aromatic heterocycles. The molecule has 1 unspecified atom stereocenters. The van der Waals surface area contributed by atoms with E-state index in [0.717, 1.165) is 36.5 Å². The minimum absolute atomic E-state index is 0.232. The van der Waals surface area contributed by atoms with Crippen LogP contribution in [0.4, 0.5) is 0 Å². The third-order valence-electron chi connectivity index (χ3n) is 5.57. The maximum absolute atomic E-state index is 12.9. The van der Waals surface area contributed by atoms with Gasteiger partial charge in [0.2, 0.25) is 5.78 Å². The van der Waals surface area contributed by atoms with Crippen molar-refractivity contribution in [1.29, 1.82) is 0 Å². The van der Waals surface area contributed by atoms with Gasteiger partial charge >= 0.3 is 0 Å². The van der Waals surface area contributed by atoms with E-state index in [2.05, 4.69) is 48.8 Å². The Balaban J connectivity index is 1.67. The number of aromatic nitrogens is 1. The molecule has 0 amide bonds. The summed E-state index contributed by atoms with van der Waals surface area (Å²) in [5.41, 5.74) is 5.75. The molecule has 4 heteroatoms. The van der Waals surface area contributed by atoms with E-state index in [9.17, 15) is 4.79 Å². The van der Waals surface area contributed by atoms with Crippen molar-refractivity contribution in [2.24, 2.45) is 0 Å². The fraction of sp³-hybridized carbons (Fsp3) is 0.435. The second kappa shape index (κ2) is 8.68. The molecule has 3 rings (SSSR count). The number of carbonyl (C=O) groups is 1. The Hall–Kier alpha value is -2.17. The molecule has 1 aliphatic heterocycles. The van der Waals surface area contributed by atoms with Gasteiger partial charge in [0.1, 0.15) is 6.54 Å². The number of carbonyl (C=O) groups excluding carboxylic acids is 1. The molecule has 2 heterocycles. The Bertz CT molecular complexity index is 820. The Labute approximate surface area is 162 Å². The van der Waals surface area contributed by atoms with Crippen LogP contribution in [0.1, 0.15) is 46.7 Å². The monoisotopic (exact) mass is 367 g/mol. The van der Waals surface area contributed by atoms with Crippen LogP contribution in [0.5, 0.6) is 0 Å². The smallest absolute Gasteiger partial charge is 0.218 e. The second-order valence-electron chi connectivity index (χ2n) is 7.61. The molecule has 0 saturated heterocycles. The first-order valence-corrected chi connectivity index (χ1v) is 9.79. The van der Waals surface area contributed by atoms with Gasteiger partial charge in [0, 0.05) is 30.5 Å². The molecule has 1 aromatic carbocycles. The molecule has 0 aliphatic carbocycles. The van der Waals surface area contributed by atoms with E-state index >= 15 is 0 Å². The first-order valence-electron chi connectivity index (χ1n) is 9.79. The molecule has 4 nitrogen and oxygen atoms in total. The summed E-state index contributed by atoms with van der Waals surface area (Å²) in [4.78, 5) is 14.3. The number of nitrogens with one attached hydrogen (secondary N) is 1. The normalized spacial score (nSPS) is 18.2. The molecule has 2 atom stereocenters. The van der Waals surface area contributed by atoms with E-state index < -0.39 is 0 Å². The largest absolute Gasteiger partial charge is 0.383 e. The minimum atomic E-state index is 0.232. The molecular weight excluding hydrogens is 336 g/mol. The number of hydrogen-bond donors (Lipinski definition) is 1. The van der Waals surface area contributed by atoms with Crippen LogP contribution in [0.25, 0.3) is 5.57 Å². The topological polar surface area (TPSA) is 35.7 Å². The summed E-state index contributed by atoms with van der Waals surface area (Å²) in [6.45, 7) is 9.36. The number of ketones is 1. The average Bonchev–Trinajstić information content (AvgIpc) is 2.97. The minimum Gasteiger partial charge on any atom is -0.383 e. The zero-order valence-corrected chi connectivity index (χ0v) is 16.9. The van der Waals surface area contributed by atoms with Crippen LogP contribution in [-0.2, 0) is 4.74 Å². The van der Waals surface area contributed by atoms with Crippen molar-refractivity contribution >= 4 is 11.4 Å². The van der Waals surface area contributed by atoms with Gasteiger partial charge in [0.15, 0.2) is 0 Å². The molecule has 0 spiro atoms. The van der Waals surface area contributed by atoms with Gasteiger partial charge in [-0.25, -0.2) is 0 Å². The molecule has 2 aromatic rings.